The molecule has 0 bridgehead atoms. The number of nitrogens with one attached hydrogen (secondary N) is 1. The van der Waals surface area contributed by atoms with Crippen LogP contribution in [0, 0.1) is 0 Å². The Morgan fingerprint density at radius 3 is 2.75 bits per heavy atom. The number of carbonyl (C=O) groups excluding carboxylic acids is 3. The molecule has 1 fully saturated rings. The minimum absolute atomic E-state index is 0.115. The van der Waals surface area contributed by atoms with Crippen LogP contribution in [0.1, 0.15) is 48.9 Å². The average molecular weight is 449 g/mol. The number of aromatic nitrogens is 2. The Balaban J connectivity index is 1.25. The van der Waals surface area contributed by atoms with E-state index in [4.69, 9.17) is 4.74 Å². The quantitative estimate of drug-likeness (QED) is 0.582. The smallest absolute Gasteiger partial charge is 0.261 e. The number of fused-ring (bicyclic) bond motifs is 1. The molecule has 9 heteroatoms. The van der Waals surface area contributed by atoms with Gasteiger partial charge in [-0.05, 0) is 43.2 Å². The number of thiazole rings is 1. The first-order valence-electron chi connectivity index (χ1n) is 10.3. The zero-order chi connectivity index (χ0) is 22.1. The maximum absolute atomic E-state index is 12.8. The number of nitrogens with zero attached hydrogens (tertiary/aromatic N) is 3. The second-order valence-corrected chi connectivity index (χ2v) is 8.60. The second kappa shape index (κ2) is 8.60. The Morgan fingerprint density at radius 1 is 1.16 bits per heavy atom. The summed E-state index contributed by atoms with van der Waals surface area (Å²) >= 11 is 1.45. The number of carbonyl (C=O) groups is 3. The van der Waals surface area contributed by atoms with Crippen LogP contribution in [-0.4, -0.2) is 51.8 Å². The molecule has 0 saturated carbocycles. The molecule has 1 N–H and O–H groups in total. The molecular formula is C23H20N4O4S. The van der Waals surface area contributed by atoms with Gasteiger partial charge in [0.2, 0.25) is 0 Å². The highest BCUT2D eigenvalue weighted by atomic mass is 32.1. The van der Waals surface area contributed by atoms with Crippen molar-refractivity contribution in [2.45, 2.75) is 25.5 Å². The van der Waals surface area contributed by atoms with Crippen molar-refractivity contribution in [3.05, 3.63) is 69.8 Å². The summed E-state index contributed by atoms with van der Waals surface area (Å²) in [5.74, 6) is -1.04. The van der Waals surface area contributed by atoms with E-state index in [9.17, 15) is 14.4 Å². The first-order chi connectivity index (χ1) is 15.6. The molecule has 2 aromatic heterocycles. The standard InChI is InChI=1S/C23H20N4O4S/c28-21(25-11-20-26-19(13-32-20)14-5-7-24-8-6-14)15-3-4-17-18(10-15)23(30)27(22(17)29)12-16-2-1-9-31-16/h3-8,10,13,16H,1-2,9,11-12H2,(H,25,28). The molecule has 0 spiro atoms. The Bertz CT molecular complexity index is 1190. The van der Waals surface area contributed by atoms with Gasteiger partial charge in [-0.2, -0.15) is 0 Å². The van der Waals surface area contributed by atoms with Crippen molar-refractivity contribution in [3.63, 3.8) is 0 Å². The van der Waals surface area contributed by atoms with Crippen LogP contribution in [0.2, 0.25) is 0 Å². The third kappa shape index (κ3) is 3.92. The molecule has 5 rings (SSSR count). The molecular weight excluding hydrogens is 428 g/mol. The number of imide groups is 1. The van der Waals surface area contributed by atoms with Gasteiger partial charge in [0.05, 0.1) is 36.0 Å². The van der Waals surface area contributed by atoms with Crippen LogP contribution in [0.15, 0.2) is 48.1 Å². The van der Waals surface area contributed by atoms with Crippen LogP contribution in [0.4, 0.5) is 0 Å². The highest BCUT2D eigenvalue weighted by Gasteiger charge is 2.37. The molecule has 3 amide bonds. The molecule has 162 valence electrons. The highest BCUT2D eigenvalue weighted by molar-refractivity contribution is 7.09. The molecule has 0 aliphatic carbocycles. The zero-order valence-corrected chi connectivity index (χ0v) is 17.9. The normalized spacial score (nSPS) is 17.6. The van der Waals surface area contributed by atoms with Gasteiger partial charge in [-0.1, -0.05) is 0 Å². The van der Waals surface area contributed by atoms with Crippen molar-refractivity contribution < 1.29 is 19.1 Å². The van der Waals surface area contributed by atoms with E-state index in [1.807, 2.05) is 17.5 Å². The van der Waals surface area contributed by atoms with Gasteiger partial charge < -0.3 is 10.1 Å². The molecule has 1 saturated heterocycles. The van der Waals surface area contributed by atoms with Crippen molar-refractivity contribution in [1.82, 2.24) is 20.2 Å². The van der Waals surface area contributed by atoms with Gasteiger partial charge in [-0.25, -0.2) is 4.98 Å². The fourth-order valence-electron chi connectivity index (χ4n) is 3.90. The summed E-state index contributed by atoms with van der Waals surface area (Å²) in [6.07, 6.45) is 5.06. The van der Waals surface area contributed by atoms with E-state index in [-0.39, 0.29) is 42.5 Å². The van der Waals surface area contributed by atoms with Gasteiger partial charge in [0.25, 0.3) is 17.7 Å². The summed E-state index contributed by atoms with van der Waals surface area (Å²) in [7, 11) is 0. The van der Waals surface area contributed by atoms with Crippen LogP contribution >= 0.6 is 11.3 Å². The van der Waals surface area contributed by atoms with Crippen molar-refractivity contribution in [3.8, 4) is 11.3 Å². The number of rotatable bonds is 6. The Kier molecular flexibility index (Phi) is 5.50. The topological polar surface area (TPSA) is 101 Å². The summed E-state index contributed by atoms with van der Waals surface area (Å²) < 4.78 is 5.56. The molecule has 8 nitrogen and oxygen atoms in total. The minimum Gasteiger partial charge on any atom is -0.376 e. The van der Waals surface area contributed by atoms with E-state index in [0.29, 0.717) is 17.7 Å². The third-order valence-corrected chi connectivity index (χ3v) is 6.42. The molecule has 2 aliphatic rings. The SMILES string of the molecule is O=C(NCc1nc(-c2ccncc2)cs1)c1ccc2c(c1)C(=O)N(CC1CCCO1)C2=O. The van der Waals surface area contributed by atoms with E-state index >= 15 is 0 Å². The van der Waals surface area contributed by atoms with Crippen molar-refractivity contribution in [1.29, 1.82) is 0 Å². The zero-order valence-electron chi connectivity index (χ0n) is 17.1. The maximum Gasteiger partial charge on any atom is 0.261 e. The number of ether oxygens (including phenoxy) is 1. The first kappa shape index (κ1) is 20.5. The number of hydrogen-bond acceptors (Lipinski definition) is 7. The van der Waals surface area contributed by atoms with E-state index in [2.05, 4.69) is 15.3 Å². The summed E-state index contributed by atoms with van der Waals surface area (Å²) in [6, 6.07) is 8.36. The van der Waals surface area contributed by atoms with Gasteiger partial charge in [-0.15, -0.1) is 11.3 Å². The van der Waals surface area contributed by atoms with Crippen molar-refractivity contribution in [2.75, 3.05) is 13.2 Å². The predicted molar refractivity (Wildman–Crippen MR) is 117 cm³/mol. The van der Waals surface area contributed by atoms with Gasteiger partial charge >= 0.3 is 0 Å². The summed E-state index contributed by atoms with van der Waals surface area (Å²) in [5.41, 5.74) is 2.70. The van der Waals surface area contributed by atoms with Gasteiger partial charge in [-0.3, -0.25) is 24.3 Å². The lowest BCUT2D eigenvalue weighted by atomic mass is 10.1. The van der Waals surface area contributed by atoms with Crippen LogP contribution in [-0.2, 0) is 11.3 Å². The van der Waals surface area contributed by atoms with E-state index < -0.39 is 0 Å². The summed E-state index contributed by atoms with van der Waals surface area (Å²) in [4.78, 5) is 47.9. The number of benzene rings is 1. The summed E-state index contributed by atoms with van der Waals surface area (Å²) in [6.45, 7) is 1.17. The Hall–Kier alpha value is -3.43. The van der Waals surface area contributed by atoms with Crippen molar-refractivity contribution >= 4 is 29.1 Å². The monoisotopic (exact) mass is 448 g/mol. The molecule has 1 aromatic carbocycles. The molecule has 3 aromatic rings. The maximum atomic E-state index is 12.8. The van der Waals surface area contributed by atoms with Gasteiger partial charge in [0.1, 0.15) is 5.01 Å². The van der Waals surface area contributed by atoms with Crippen LogP contribution in [0.25, 0.3) is 11.3 Å². The summed E-state index contributed by atoms with van der Waals surface area (Å²) in [5, 5.41) is 5.53. The van der Waals surface area contributed by atoms with E-state index in [1.54, 1.807) is 24.5 Å². The Morgan fingerprint density at radius 2 is 1.97 bits per heavy atom. The Labute approximate surface area is 188 Å². The van der Waals surface area contributed by atoms with E-state index in [1.165, 1.54) is 22.3 Å². The molecule has 2 aliphatic heterocycles. The lowest BCUT2D eigenvalue weighted by Crippen LogP contribution is -2.36. The molecule has 32 heavy (non-hydrogen) atoms. The number of hydrogen-bond donors (Lipinski definition) is 1. The fourth-order valence-corrected chi connectivity index (χ4v) is 4.64. The first-order valence-corrected chi connectivity index (χ1v) is 11.2. The molecule has 1 atom stereocenters. The predicted octanol–water partition coefficient (Wildman–Crippen LogP) is 2.91. The van der Waals surface area contributed by atoms with Gasteiger partial charge in [0, 0.05) is 35.5 Å². The fraction of sp³-hybridized carbons (Fsp3) is 0.261. The lowest BCUT2D eigenvalue weighted by molar-refractivity contribution is 0.0475. The molecule has 0 radical (unpaired) electrons. The lowest BCUT2D eigenvalue weighted by Gasteiger charge is -2.17. The van der Waals surface area contributed by atoms with Gasteiger partial charge in [0.15, 0.2) is 0 Å². The largest absolute Gasteiger partial charge is 0.376 e. The molecule has 4 heterocycles. The third-order valence-electron chi connectivity index (χ3n) is 5.57. The van der Waals surface area contributed by atoms with E-state index in [0.717, 1.165) is 29.1 Å². The highest BCUT2D eigenvalue weighted by Crippen LogP contribution is 2.26. The molecule has 1 unspecified atom stereocenters. The van der Waals surface area contributed by atoms with Crippen LogP contribution in [0.3, 0.4) is 0 Å². The van der Waals surface area contributed by atoms with Crippen LogP contribution < -0.4 is 5.32 Å². The van der Waals surface area contributed by atoms with Crippen molar-refractivity contribution in [2.24, 2.45) is 0 Å². The number of pyridine rings is 1. The number of amides is 3. The average Bonchev–Trinajstić information content (AvgIpc) is 3.56. The second-order valence-electron chi connectivity index (χ2n) is 7.66. The van der Waals surface area contributed by atoms with Crippen LogP contribution in [0.5, 0.6) is 0 Å². The minimum atomic E-state index is -0.378.